The van der Waals surface area contributed by atoms with Crippen LogP contribution >= 0.6 is 11.6 Å². The van der Waals surface area contributed by atoms with Crippen molar-refractivity contribution >= 4 is 33.0 Å². The fraction of sp³-hybridized carbons (Fsp3) is 0.211. The molecule has 0 saturated heterocycles. The number of sulfone groups is 1. The maximum Gasteiger partial charge on any atom is 0.416 e. The van der Waals surface area contributed by atoms with Gasteiger partial charge in [0, 0.05) is 21.7 Å². The Balaban J connectivity index is 2.08. The van der Waals surface area contributed by atoms with Crippen LogP contribution in [0.15, 0.2) is 53.9 Å². The van der Waals surface area contributed by atoms with Crippen molar-refractivity contribution in [3.63, 3.8) is 0 Å². The fourth-order valence-corrected chi connectivity index (χ4v) is 4.32. The third-order valence-electron chi connectivity index (χ3n) is 4.33. The van der Waals surface area contributed by atoms with E-state index in [1.165, 1.54) is 18.2 Å². The number of anilines is 1. The molecular weight excluding hydrogens is 415 g/mol. The molecule has 2 aromatic rings. The highest BCUT2D eigenvalue weighted by molar-refractivity contribution is 7.94. The molecule has 1 heterocycles. The minimum absolute atomic E-state index is 0.204. The van der Waals surface area contributed by atoms with Crippen molar-refractivity contribution in [2.24, 2.45) is 0 Å². The summed E-state index contributed by atoms with van der Waals surface area (Å²) in [6.07, 6.45) is -3.26. The Bertz CT molecular complexity index is 1060. The number of benzene rings is 2. The summed E-state index contributed by atoms with van der Waals surface area (Å²) in [4.78, 5) is 14.3. The molecule has 1 atom stereocenters. The maximum atomic E-state index is 13.1. The van der Waals surface area contributed by atoms with E-state index in [0.29, 0.717) is 10.7 Å². The third kappa shape index (κ3) is 4.23. The van der Waals surface area contributed by atoms with Gasteiger partial charge in [0.25, 0.3) is 5.91 Å². The van der Waals surface area contributed by atoms with Crippen LogP contribution in [-0.2, 0) is 16.0 Å². The molecule has 1 amide bonds. The lowest BCUT2D eigenvalue weighted by molar-refractivity contribution is -0.137. The van der Waals surface area contributed by atoms with Crippen molar-refractivity contribution in [2.75, 3.05) is 10.7 Å². The van der Waals surface area contributed by atoms with Crippen molar-refractivity contribution in [2.45, 2.75) is 19.1 Å². The van der Waals surface area contributed by atoms with E-state index in [9.17, 15) is 26.4 Å². The number of alkyl halides is 3. The van der Waals surface area contributed by atoms with Crippen molar-refractivity contribution in [1.82, 2.24) is 0 Å². The van der Waals surface area contributed by atoms with Gasteiger partial charge in [-0.15, -0.1) is 0 Å². The number of halogens is 4. The van der Waals surface area contributed by atoms with Gasteiger partial charge in [0.15, 0.2) is 9.84 Å². The summed E-state index contributed by atoms with van der Waals surface area (Å²) in [5.41, 5.74) is -0.129. The maximum absolute atomic E-state index is 13.1. The first-order valence-electron chi connectivity index (χ1n) is 8.16. The first-order valence-corrected chi connectivity index (χ1v) is 10.3. The van der Waals surface area contributed by atoms with Crippen LogP contribution in [0.3, 0.4) is 0 Å². The van der Waals surface area contributed by atoms with Gasteiger partial charge < -0.3 is 4.90 Å². The third-order valence-corrected chi connectivity index (χ3v) is 6.12. The van der Waals surface area contributed by atoms with E-state index in [2.05, 4.69) is 0 Å². The second-order valence-electron chi connectivity index (χ2n) is 6.41. The molecule has 0 bridgehead atoms. The van der Waals surface area contributed by atoms with Gasteiger partial charge >= 0.3 is 6.18 Å². The van der Waals surface area contributed by atoms with Crippen LogP contribution in [0.25, 0.3) is 0 Å². The van der Waals surface area contributed by atoms with Gasteiger partial charge in [-0.2, -0.15) is 13.2 Å². The number of nitrogens with zero attached hydrogens (tertiary/aromatic N) is 1. The molecule has 0 aliphatic carbocycles. The Morgan fingerprint density at radius 3 is 2.46 bits per heavy atom. The molecule has 4 nitrogen and oxygen atoms in total. The van der Waals surface area contributed by atoms with Crippen molar-refractivity contribution < 1.29 is 26.4 Å². The van der Waals surface area contributed by atoms with E-state index < -0.39 is 33.5 Å². The van der Waals surface area contributed by atoms with Crippen LogP contribution < -0.4 is 4.90 Å². The Morgan fingerprint density at radius 1 is 1.18 bits per heavy atom. The molecule has 2 aromatic carbocycles. The van der Waals surface area contributed by atoms with Gasteiger partial charge in [-0.1, -0.05) is 23.7 Å². The zero-order chi connectivity index (χ0) is 20.7. The van der Waals surface area contributed by atoms with Crippen molar-refractivity contribution in [1.29, 1.82) is 0 Å². The van der Waals surface area contributed by atoms with Crippen LogP contribution in [0.2, 0.25) is 5.02 Å². The van der Waals surface area contributed by atoms with Gasteiger partial charge in [0.05, 0.1) is 17.4 Å². The smallest absolute Gasteiger partial charge is 0.300 e. The van der Waals surface area contributed by atoms with Gasteiger partial charge in [0.1, 0.15) is 0 Å². The summed E-state index contributed by atoms with van der Waals surface area (Å²) in [6, 6.07) is 7.86. The molecule has 0 saturated carbocycles. The van der Waals surface area contributed by atoms with Crippen LogP contribution in [-0.4, -0.2) is 26.1 Å². The Kier molecular flexibility index (Phi) is 5.29. The van der Waals surface area contributed by atoms with Crippen molar-refractivity contribution in [3.05, 3.63) is 75.7 Å². The van der Waals surface area contributed by atoms with E-state index in [0.717, 1.165) is 34.1 Å². The average molecular weight is 430 g/mol. The van der Waals surface area contributed by atoms with E-state index in [-0.39, 0.29) is 11.3 Å². The SMILES string of the molecule is Cc1ccc(N(C(=O)c2cccc(C(F)(F)F)c2)[C@@H]2C=CS(=O)(=O)C2)cc1Cl. The minimum Gasteiger partial charge on any atom is -0.300 e. The van der Waals surface area contributed by atoms with Crippen LogP contribution in [0.5, 0.6) is 0 Å². The van der Waals surface area contributed by atoms with Gasteiger partial charge in [0.2, 0.25) is 0 Å². The first kappa shape index (κ1) is 20.4. The normalized spacial score (nSPS) is 18.2. The molecule has 0 radical (unpaired) electrons. The van der Waals surface area contributed by atoms with E-state index in [4.69, 9.17) is 11.6 Å². The lowest BCUT2D eigenvalue weighted by Gasteiger charge is -2.28. The molecule has 0 N–H and O–H groups in total. The monoisotopic (exact) mass is 429 g/mol. The molecular formula is C19H15ClF3NO3S. The molecule has 0 spiro atoms. The summed E-state index contributed by atoms with van der Waals surface area (Å²) < 4.78 is 62.8. The molecule has 148 valence electrons. The topological polar surface area (TPSA) is 54.5 Å². The Labute approximate surface area is 165 Å². The number of carbonyl (C=O) groups excluding carboxylic acids is 1. The fourth-order valence-electron chi connectivity index (χ4n) is 2.88. The number of aryl methyl sites for hydroxylation is 1. The van der Waals surface area contributed by atoms with Crippen molar-refractivity contribution in [3.8, 4) is 0 Å². The highest BCUT2D eigenvalue weighted by Gasteiger charge is 2.34. The summed E-state index contributed by atoms with van der Waals surface area (Å²) in [7, 11) is -3.50. The van der Waals surface area contributed by atoms with Gasteiger partial charge in [-0.25, -0.2) is 8.42 Å². The molecule has 1 aliphatic heterocycles. The van der Waals surface area contributed by atoms with Crippen LogP contribution in [0, 0.1) is 6.92 Å². The lowest BCUT2D eigenvalue weighted by atomic mass is 10.1. The second kappa shape index (κ2) is 7.25. The Morgan fingerprint density at radius 2 is 1.89 bits per heavy atom. The van der Waals surface area contributed by atoms with Crippen LogP contribution in [0.4, 0.5) is 18.9 Å². The predicted molar refractivity (Wildman–Crippen MR) is 101 cm³/mol. The lowest BCUT2D eigenvalue weighted by Crippen LogP contribution is -2.41. The van der Waals surface area contributed by atoms with E-state index in [1.54, 1.807) is 19.1 Å². The average Bonchev–Trinajstić information content (AvgIpc) is 2.97. The first-order chi connectivity index (χ1) is 13.0. The zero-order valence-electron chi connectivity index (χ0n) is 14.6. The summed E-state index contributed by atoms with van der Waals surface area (Å²) >= 11 is 6.13. The Hall–Kier alpha value is -2.32. The van der Waals surface area contributed by atoms with E-state index >= 15 is 0 Å². The predicted octanol–water partition coefficient (Wildman–Crippen LogP) is 4.62. The standard InChI is InChI=1S/C19H15ClF3NO3S/c1-12-5-6-15(10-17(12)20)24(16-7-8-28(26,27)11-16)18(25)13-3-2-4-14(9-13)19(21,22)23/h2-10,16H,11H2,1H3/t16-/m1/s1. The van der Waals surface area contributed by atoms with Gasteiger partial charge in [-0.05, 0) is 48.9 Å². The number of hydrogen-bond acceptors (Lipinski definition) is 3. The molecule has 3 rings (SSSR count). The largest absolute Gasteiger partial charge is 0.416 e. The molecule has 0 unspecified atom stereocenters. The van der Waals surface area contributed by atoms with Gasteiger partial charge in [-0.3, -0.25) is 4.79 Å². The van der Waals surface area contributed by atoms with Crippen LogP contribution in [0.1, 0.15) is 21.5 Å². The minimum atomic E-state index is -4.61. The number of carbonyl (C=O) groups is 1. The summed E-state index contributed by atoms with van der Waals surface area (Å²) in [5.74, 6) is -1.11. The molecule has 1 aliphatic rings. The highest BCUT2D eigenvalue weighted by atomic mass is 35.5. The molecule has 28 heavy (non-hydrogen) atoms. The molecule has 9 heteroatoms. The van der Waals surface area contributed by atoms with E-state index in [1.807, 2.05) is 0 Å². The molecule has 0 aromatic heterocycles. The highest BCUT2D eigenvalue weighted by Crippen LogP contribution is 2.32. The number of amides is 1. The number of rotatable bonds is 3. The zero-order valence-corrected chi connectivity index (χ0v) is 16.1. The quantitative estimate of drug-likeness (QED) is 0.715. The number of hydrogen-bond donors (Lipinski definition) is 0. The molecule has 0 fully saturated rings. The summed E-state index contributed by atoms with van der Waals surface area (Å²) in [6.45, 7) is 1.75. The second-order valence-corrected chi connectivity index (χ2v) is 8.75. The summed E-state index contributed by atoms with van der Waals surface area (Å²) in [5, 5.41) is 1.35.